The van der Waals surface area contributed by atoms with Crippen LogP contribution in [0, 0.1) is 0 Å². The lowest BCUT2D eigenvalue weighted by atomic mass is 9.95. The molecule has 0 saturated carbocycles. The van der Waals surface area contributed by atoms with Gasteiger partial charge in [0.05, 0.1) is 35.4 Å². The van der Waals surface area contributed by atoms with Crippen LogP contribution in [-0.4, -0.2) is 27.6 Å². The number of hydrogen-bond acceptors (Lipinski definition) is 5. The lowest BCUT2D eigenvalue weighted by molar-refractivity contribution is -0.113. The van der Waals surface area contributed by atoms with Gasteiger partial charge in [0.25, 0.3) is 5.91 Å². The van der Waals surface area contributed by atoms with Gasteiger partial charge in [0.15, 0.2) is 0 Å². The molecule has 0 saturated heterocycles. The highest BCUT2D eigenvalue weighted by Gasteiger charge is 2.34. The number of methoxy groups -OCH3 is 1. The molecule has 7 heteroatoms. The van der Waals surface area contributed by atoms with Crippen LogP contribution in [0.5, 0.6) is 5.75 Å². The molecule has 2 N–H and O–H groups in total. The molecule has 2 aromatic heterocycles. The van der Waals surface area contributed by atoms with Crippen LogP contribution in [0.3, 0.4) is 0 Å². The fourth-order valence-corrected chi connectivity index (χ4v) is 4.05. The molecular weight excluding hydrogens is 390 g/mol. The first-order valence-corrected chi connectivity index (χ1v) is 9.96. The molecule has 2 aromatic carbocycles. The predicted octanol–water partition coefficient (Wildman–Crippen LogP) is 4.37. The van der Waals surface area contributed by atoms with Gasteiger partial charge in [-0.2, -0.15) is 0 Å². The van der Waals surface area contributed by atoms with Crippen molar-refractivity contribution in [1.82, 2.24) is 14.5 Å². The lowest BCUT2D eigenvalue weighted by Gasteiger charge is -2.30. The maximum atomic E-state index is 13.6. The van der Waals surface area contributed by atoms with E-state index in [2.05, 4.69) is 20.2 Å². The van der Waals surface area contributed by atoms with Crippen LogP contribution in [0.1, 0.15) is 18.5 Å². The zero-order chi connectivity index (χ0) is 21.4. The molecular formula is C24H21N5O2. The van der Waals surface area contributed by atoms with Crippen LogP contribution in [0.4, 0.5) is 11.6 Å². The smallest absolute Gasteiger partial charge is 0.255 e. The summed E-state index contributed by atoms with van der Waals surface area (Å²) in [5.74, 6) is 1.08. The summed E-state index contributed by atoms with van der Waals surface area (Å²) in [6, 6.07) is 18.7. The lowest BCUT2D eigenvalue weighted by Crippen LogP contribution is -2.31. The highest BCUT2D eigenvalue weighted by atomic mass is 16.5. The summed E-state index contributed by atoms with van der Waals surface area (Å²) < 4.78 is 7.45. The summed E-state index contributed by atoms with van der Waals surface area (Å²) in [5.41, 5.74) is 4.64. The highest BCUT2D eigenvalue weighted by Crippen LogP contribution is 2.39. The largest absolute Gasteiger partial charge is 0.495 e. The molecule has 154 valence electrons. The quantitative estimate of drug-likeness (QED) is 0.521. The second kappa shape index (κ2) is 7.60. The number of imidazole rings is 1. The Balaban J connectivity index is 1.65. The molecule has 0 aliphatic carbocycles. The van der Waals surface area contributed by atoms with E-state index in [0.717, 1.165) is 22.3 Å². The number of rotatable bonds is 4. The first-order chi connectivity index (χ1) is 15.2. The van der Waals surface area contributed by atoms with Gasteiger partial charge in [-0.25, -0.2) is 4.98 Å². The van der Waals surface area contributed by atoms with Gasteiger partial charge in [0.2, 0.25) is 5.95 Å². The van der Waals surface area contributed by atoms with Crippen molar-refractivity contribution in [2.24, 2.45) is 0 Å². The fraction of sp³-hybridized carbons (Fsp3) is 0.125. The van der Waals surface area contributed by atoms with E-state index in [-0.39, 0.29) is 11.9 Å². The van der Waals surface area contributed by atoms with Gasteiger partial charge >= 0.3 is 0 Å². The number of nitrogens with one attached hydrogen (secondary N) is 2. The van der Waals surface area contributed by atoms with Crippen LogP contribution < -0.4 is 15.4 Å². The van der Waals surface area contributed by atoms with E-state index in [4.69, 9.17) is 9.72 Å². The maximum absolute atomic E-state index is 13.6. The summed E-state index contributed by atoms with van der Waals surface area (Å²) in [6.45, 7) is 1.89. The third kappa shape index (κ3) is 3.20. The number of allylic oxidation sites excluding steroid dienone is 1. The Morgan fingerprint density at radius 1 is 1.10 bits per heavy atom. The zero-order valence-corrected chi connectivity index (χ0v) is 17.2. The number of aromatic nitrogens is 3. The van der Waals surface area contributed by atoms with Crippen LogP contribution >= 0.6 is 0 Å². The zero-order valence-electron chi connectivity index (χ0n) is 17.2. The van der Waals surface area contributed by atoms with Gasteiger partial charge < -0.3 is 15.4 Å². The number of para-hydroxylation sites is 4. The molecule has 0 unspecified atom stereocenters. The average Bonchev–Trinajstić information content (AvgIpc) is 3.16. The summed E-state index contributed by atoms with van der Waals surface area (Å²) in [6.07, 6.45) is 3.51. The minimum absolute atomic E-state index is 0.216. The Labute approximate surface area is 179 Å². The van der Waals surface area contributed by atoms with E-state index < -0.39 is 0 Å². The molecule has 5 rings (SSSR count). The molecule has 0 bridgehead atoms. The summed E-state index contributed by atoms with van der Waals surface area (Å²) in [7, 11) is 1.58. The highest BCUT2D eigenvalue weighted by molar-refractivity contribution is 6.07. The van der Waals surface area contributed by atoms with Gasteiger partial charge in [-0.15, -0.1) is 0 Å². The summed E-state index contributed by atoms with van der Waals surface area (Å²) >= 11 is 0. The van der Waals surface area contributed by atoms with Crippen molar-refractivity contribution >= 4 is 28.6 Å². The number of benzene rings is 2. The van der Waals surface area contributed by atoms with Gasteiger partial charge in [0.1, 0.15) is 5.75 Å². The van der Waals surface area contributed by atoms with Crippen molar-refractivity contribution in [3.05, 3.63) is 89.9 Å². The first-order valence-electron chi connectivity index (χ1n) is 9.96. The summed E-state index contributed by atoms with van der Waals surface area (Å²) in [4.78, 5) is 22.6. The third-order valence-corrected chi connectivity index (χ3v) is 5.43. The number of amides is 1. The van der Waals surface area contributed by atoms with Crippen molar-refractivity contribution in [1.29, 1.82) is 0 Å². The maximum Gasteiger partial charge on any atom is 0.255 e. The molecule has 0 fully saturated rings. The number of anilines is 2. The van der Waals surface area contributed by atoms with Crippen molar-refractivity contribution in [2.45, 2.75) is 13.0 Å². The Morgan fingerprint density at radius 2 is 1.90 bits per heavy atom. The molecule has 31 heavy (non-hydrogen) atoms. The fourth-order valence-electron chi connectivity index (χ4n) is 4.05. The Hall–Kier alpha value is -4.13. The van der Waals surface area contributed by atoms with Crippen molar-refractivity contribution in [3.63, 3.8) is 0 Å². The van der Waals surface area contributed by atoms with Gasteiger partial charge in [-0.1, -0.05) is 30.3 Å². The monoisotopic (exact) mass is 411 g/mol. The average molecular weight is 411 g/mol. The number of carbonyl (C=O) groups is 1. The number of ether oxygens (including phenoxy) is 1. The second-order valence-electron chi connectivity index (χ2n) is 7.30. The van der Waals surface area contributed by atoms with Crippen molar-refractivity contribution in [2.75, 3.05) is 17.7 Å². The normalized spacial score (nSPS) is 15.4. The van der Waals surface area contributed by atoms with E-state index in [9.17, 15) is 4.79 Å². The molecule has 4 aromatic rings. The number of hydrogen-bond donors (Lipinski definition) is 2. The van der Waals surface area contributed by atoms with Gasteiger partial charge in [-0.05, 0) is 42.8 Å². The standard InChI is InChI=1S/C24H21N5O2/c1-15-21(23(30)27-18-10-4-6-12-20(18)31-2)22(16-8-7-13-25-14-16)29-19-11-5-3-9-17(19)28-24(29)26-15/h3-14,22H,1-2H3,(H,26,28)(H,27,30)/t22-/m0/s1. The van der Waals surface area contributed by atoms with E-state index in [1.54, 1.807) is 19.5 Å². The third-order valence-electron chi connectivity index (χ3n) is 5.43. The molecule has 0 spiro atoms. The summed E-state index contributed by atoms with van der Waals surface area (Å²) in [5, 5.41) is 6.33. The molecule has 0 radical (unpaired) electrons. The topological polar surface area (TPSA) is 81.1 Å². The predicted molar refractivity (Wildman–Crippen MR) is 120 cm³/mol. The van der Waals surface area contributed by atoms with Crippen LogP contribution in [0.15, 0.2) is 84.3 Å². The Morgan fingerprint density at radius 3 is 2.71 bits per heavy atom. The molecule has 1 aliphatic heterocycles. The number of nitrogens with zero attached hydrogens (tertiary/aromatic N) is 3. The first kappa shape index (κ1) is 18.9. The molecule has 1 atom stereocenters. The molecule has 1 amide bonds. The van der Waals surface area contributed by atoms with E-state index in [1.807, 2.05) is 67.6 Å². The minimum atomic E-state index is -0.382. The number of pyridine rings is 1. The van der Waals surface area contributed by atoms with Crippen molar-refractivity contribution < 1.29 is 9.53 Å². The Kier molecular flexibility index (Phi) is 4.63. The number of fused-ring (bicyclic) bond motifs is 3. The molecule has 1 aliphatic rings. The second-order valence-corrected chi connectivity index (χ2v) is 7.30. The van der Waals surface area contributed by atoms with E-state index >= 15 is 0 Å². The molecule has 7 nitrogen and oxygen atoms in total. The van der Waals surface area contributed by atoms with E-state index in [0.29, 0.717) is 23.0 Å². The van der Waals surface area contributed by atoms with Gasteiger partial charge in [-0.3, -0.25) is 14.3 Å². The minimum Gasteiger partial charge on any atom is -0.495 e. The van der Waals surface area contributed by atoms with Gasteiger partial charge in [0, 0.05) is 18.1 Å². The van der Waals surface area contributed by atoms with Crippen LogP contribution in [0.2, 0.25) is 0 Å². The molecule has 3 heterocycles. The number of carbonyl (C=O) groups excluding carboxylic acids is 1. The van der Waals surface area contributed by atoms with Crippen LogP contribution in [0.25, 0.3) is 11.0 Å². The Bertz CT molecular complexity index is 1310. The van der Waals surface area contributed by atoms with E-state index in [1.165, 1.54) is 0 Å². The van der Waals surface area contributed by atoms with Crippen LogP contribution in [-0.2, 0) is 4.79 Å². The van der Waals surface area contributed by atoms with Crippen molar-refractivity contribution in [3.8, 4) is 5.75 Å². The SMILES string of the molecule is COc1ccccc1NC(=O)C1=C(C)Nc2nc3ccccc3n2[C@H]1c1cccnc1.